The van der Waals surface area contributed by atoms with Crippen molar-refractivity contribution in [2.75, 3.05) is 18.0 Å². The van der Waals surface area contributed by atoms with E-state index in [4.69, 9.17) is 9.15 Å². The molecule has 1 unspecified atom stereocenters. The Morgan fingerprint density at radius 2 is 2.00 bits per heavy atom. The molecule has 0 bridgehead atoms. The fourth-order valence-corrected chi connectivity index (χ4v) is 5.22. The Morgan fingerprint density at radius 3 is 2.62 bits per heavy atom. The Bertz CT molecular complexity index is 1230. The minimum absolute atomic E-state index is 0.0300. The highest BCUT2D eigenvalue weighted by molar-refractivity contribution is 7.89. The molecule has 1 atom stereocenters. The summed E-state index contributed by atoms with van der Waals surface area (Å²) in [4.78, 5) is 1.99. The molecule has 7 nitrogen and oxygen atoms in total. The second-order valence-electron chi connectivity index (χ2n) is 8.12. The summed E-state index contributed by atoms with van der Waals surface area (Å²) in [5.74, 6) is -0.379. The van der Waals surface area contributed by atoms with Crippen LogP contribution in [0.25, 0.3) is 11.0 Å². The molecule has 0 amide bonds. The van der Waals surface area contributed by atoms with E-state index < -0.39 is 22.1 Å². The summed E-state index contributed by atoms with van der Waals surface area (Å²) in [5, 5.41) is 10.8. The van der Waals surface area contributed by atoms with Crippen LogP contribution in [0, 0.1) is 5.82 Å². The fraction of sp³-hybridized carbons (Fsp3) is 0.391. The first-order valence-electron chi connectivity index (χ1n) is 10.7. The van der Waals surface area contributed by atoms with Gasteiger partial charge in [-0.2, -0.15) is 4.72 Å². The smallest absolute Gasteiger partial charge is 0.247 e. The molecule has 1 saturated heterocycles. The second kappa shape index (κ2) is 8.73. The SMILES string of the molecule is CCc1cccc(OC(C)C)c1S(=O)(=O)NC(O)c1cc2c(F)cc(N3CCC3)cc2o1. The number of aryl methyl sites for hydroxylation is 1. The summed E-state index contributed by atoms with van der Waals surface area (Å²) in [6, 6.07) is 9.43. The number of ether oxygens (including phenoxy) is 1. The molecule has 1 aromatic heterocycles. The van der Waals surface area contributed by atoms with E-state index in [1.807, 2.05) is 11.8 Å². The molecule has 3 aromatic rings. The summed E-state index contributed by atoms with van der Waals surface area (Å²) in [6.07, 6.45) is -0.432. The molecule has 32 heavy (non-hydrogen) atoms. The molecule has 1 aliphatic heterocycles. The molecule has 4 rings (SSSR count). The van der Waals surface area contributed by atoms with Crippen molar-refractivity contribution in [1.29, 1.82) is 0 Å². The quantitative estimate of drug-likeness (QED) is 0.490. The van der Waals surface area contributed by atoms with Gasteiger partial charge in [0.1, 0.15) is 27.8 Å². The number of hydrogen-bond acceptors (Lipinski definition) is 6. The largest absolute Gasteiger partial charge is 0.490 e. The normalized spacial score (nSPS) is 15.2. The molecule has 2 aromatic carbocycles. The van der Waals surface area contributed by atoms with Gasteiger partial charge in [-0.15, -0.1) is 0 Å². The van der Waals surface area contributed by atoms with Crippen LogP contribution in [0.1, 0.15) is 44.7 Å². The lowest BCUT2D eigenvalue weighted by Crippen LogP contribution is -2.36. The highest BCUT2D eigenvalue weighted by atomic mass is 32.2. The van der Waals surface area contributed by atoms with Crippen LogP contribution >= 0.6 is 0 Å². The van der Waals surface area contributed by atoms with E-state index in [1.54, 1.807) is 38.1 Å². The summed E-state index contributed by atoms with van der Waals surface area (Å²) in [7, 11) is -4.18. The summed E-state index contributed by atoms with van der Waals surface area (Å²) in [6.45, 7) is 7.13. The van der Waals surface area contributed by atoms with Gasteiger partial charge in [-0.3, -0.25) is 0 Å². The van der Waals surface area contributed by atoms with E-state index in [-0.39, 0.29) is 33.5 Å². The molecule has 0 saturated carbocycles. The third kappa shape index (κ3) is 4.32. The average Bonchev–Trinajstić information content (AvgIpc) is 3.10. The maximum Gasteiger partial charge on any atom is 0.247 e. The van der Waals surface area contributed by atoms with E-state index in [0.29, 0.717) is 17.7 Å². The predicted molar refractivity (Wildman–Crippen MR) is 120 cm³/mol. The zero-order chi connectivity index (χ0) is 23.0. The number of nitrogens with one attached hydrogen (secondary N) is 1. The van der Waals surface area contributed by atoms with Gasteiger partial charge in [0, 0.05) is 24.8 Å². The third-order valence-electron chi connectivity index (χ3n) is 5.42. The summed E-state index contributed by atoms with van der Waals surface area (Å²) >= 11 is 0. The van der Waals surface area contributed by atoms with Crippen LogP contribution < -0.4 is 14.4 Å². The Balaban J connectivity index is 1.66. The topological polar surface area (TPSA) is 92.0 Å². The lowest BCUT2D eigenvalue weighted by molar-refractivity contribution is 0.141. The first kappa shape index (κ1) is 22.6. The van der Waals surface area contributed by atoms with E-state index in [2.05, 4.69) is 4.72 Å². The van der Waals surface area contributed by atoms with Crippen molar-refractivity contribution in [3.8, 4) is 5.75 Å². The molecule has 2 heterocycles. The van der Waals surface area contributed by atoms with E-state index in [0.717, 1.165) is 19.5 Å². The first-order valence-corrected chi connectivity index (χ1v) is 12.1. The van der Waals surface area contributed by atoms with Gasteiger partial charge in [0.15, 0.2) is 6.23 Å². The van der Waals surface area contributed by atoms with Crippen molar-refractivity contribution in [3.63, 3.8) is 0 Å². The second-order valence-corrected chi connectivity index (χ2v) is 9.77. The Hall–Kier alpha value is -2.62. The summed E-state index contributed by atoms with van der Waals surface area (Å²) < 4.78 is 54.6. The van der Waals surface area contributed by atoms with Gasteiger partial charge in [-0.05, 0) is 50.5 Å². The average molecular weight is 463 g/mol. The molecule has 1 fully saturated rings. The highest BCUT2D eigenvalue weighted by Crippen LogP contribution is 2.33. The molecule has 0 spiro atoms. The number of halogens is 1. The van der Waals surface area contributed by atoms with Crippen LogP contribution in [-0.4, -0.2) is 32.7 Å². The molecular weight excluding hydrogens is 435 g/mol. The van der Waals surface area contributed by atoms with Crippen molar-refractivity contribution in [2.45, 2.75) is 50.8 Å². The third-order valence-corrected chi connectivity index (χ3v) is 6.96. The van der Waals surface area contributed by atoms with Gasteiger partial charge in [0.2, 0.25) is 10.0 Å². The molecule has 0 aliphatic carbocycles. The van der Waals surface area contributed by atoms with Gasteiger partial charge in [0.05, 0.1) is 11.5 Å². The van der Waals surface area contributed by atoms with Crippen molar-refractivity contribution < 1.29 is 27.1 Å². The number of benzene rings is 2. The van der Waals surface area contributed by atoms with Crippen molar-refractivity contribution in [2.24, 2.45) is 0 Å². The molecule has 9 heteroatoms. The van der Waals surface area contributed by atoms with Gasteiger partial charge in [-0.25, -0.2) is 12.8 Å². The molecule has 2 N–H and O–H groups in total. The first-order chi connectivity index (χ1) is 15.2. The van der Waals surface area contributed by atoms with Gasteiger partial charge in [-0.1, -0.05) is 19.1 Å². The van der Waals surface area contributed by atoms with E-state index in [1.165, 1.54) is 12.1 Å². The van der Waals surface area contributed by atoms with Crippen molar-refractivity contribution >= 4 is 26.7 Å². The van der Waals surface area contributed by atoms with E-state index in [9.17, 15) is 17.9 Å². The monoisotopic (exact) mass is 462 g/mol. The van der Waals surface area contributed by atoms with Crippen LogP contribution in [0.3, 0.4) is 0 Å². The maximum atomic E-state index is 14.6. The number of hydrogen-bond donors (Lipinski definition) is 2. The lowest BCUT2D eigenvalue weighted by atomic mass is 10.1. The fourth-order valence-electron chi connectivity index (χ4n) is 3.75. The van der Waals surface area contributed by atoms with Crippen LogP contribution in [0.2, 0.25) is 0 Å². The van der Waals surface area contributed by atoms with Gasteiger partial charge < -0.3 is 19.2 Å². The molecule has 172 valence electrons. The number of aliphatic hydroxyl groups excluding tert-OH is 1. The molecule has 1 aliphatic rings. The minimum atomic E-state index is -4.18. The Morgan fingerprint density at radius 1 is 1.25 bits per heavy atom. The Kier molecular flexibility index (Phi) is 6.15. The highest BCUT2D eigenvalue weighted by Gasteiger charge is 2.28. The zero-order valence-corrected chi connectivity index (χ0v) is 19.1. The number of sulfonamides is 1. The lowest BCUT2D eigenvalue weighted by Gasteiger charge is -2.33. The minimum Gasteiger partial charge on any atom is -0.490 e. The number of aliphatic hydroxyl groups is 1. The maximum absolute atomic E-state index is 14.6. The van der Waals surface area contributed by atoms with Crippen molar-refractivity contribution in [3.05, 3.63) is 53.5 Å². The molecular formula is C23H27FN2O5S. The number of nitrogens with zero attached hydrogens (tertiary/aromatic N) is 1. The number of fused-ring (bicyclic) bond motifs is 1. The zero-order valence-electron chi connectivity index (χ0n) is 18.3. The Labute approximate surface area is 186 Å². The summed E-state index contributed by atoms with van der Waals surface area (Å²) in [5.41, 5.74) is 1.50. The van der Waals surface area contributed by atoms with Crippen LogP contribution in [0.4, 0.5) is 10.1 Å². The van der Waals surface area contributed by atoms with Crippen molar-refractivity contribution in [1.82, 2.24) is 4.72 Å². The van der Waals surface area contributed by atoms with Crippen LogP contribution in [-0.2, 0) is 16.4 Å². The van der Waals surface area contributed by atoms with Crippen LogP contribution in [0.15, 0.2) is 45.7 Å². The molecule has 0 radical (unpaired) electrons. The number of furan rings is 1. The number of rotatable bonds is 8. The predicted octanol–water partition coefficient (Wildman–Crippen LogP) is 4.10. The van der Waals surface area contributed by atoms with Gasteiger partial charge >= 0.3 is 0 Å². The van der Waals surface area contributed by atoms with E-state index >= 15 is 0 Å². The van der Waals surface area contributed by atoms with Crippen LogP contribution in [0.5, 0.6) is 5.75 Å². The number of anilines is 1. The standard InChI is InChI=1S/C23H27FN2O5S/c1-4-15-7-5-8-19(30-14(2)3)22(15)32(28,29)25-23(27)21-13-17-18(24)11-16(12-20(17)31-21)26-9-6-10-26/h5,7-8,11-14,23,25,27H,4,6,9-10H2,1-3H3. The van der Waals surface area contributed by atoms with Gasteiger partial charge in [0.25, 0.3) is 0 Å².